The van der Waals surface area contributed by atoms with Crippen LogP contribution in [0.3, 0.4) is 0 Å². The Morgan fingerprint density at radius 2 is 1.93 bits per heavy atom. The number of rotatable bonds is 8. The second kappa shape index (κ2) is 9.33. The van der Waals surface area contributed by atoms with E-state index in [1.165, 1.54) is 5.56 Å². The third-order valence-electron chi connectivity index (χ3n) is 4.17. The summed E-state index contributed by atoms with van der Waals surface area (Å²) < 4.78 is 5.75. The van der Waals surface area contributed by atoms with Crippen LogP contribution < -0.4 is 10.1 Å². The summed E-state index contributed by atoms with van der Waals surface area (Å²) in [5, 5.41) is 5.89. The molecule has 0 aliphatic heterocycles. The molecule has 1 heterocycles. The molecular weight excluding hydrogens is 356 g/mol. The maximum atomic E-state index is 12.6. The molecule has 5 heteroatoms. The van der Waals surface area contributed by atoms with Crippen molar-refractivity contribution in [2.45, 2.75) is 33.2 Å². The number of aryl methyl sites for hydroxylation is 1. The topological polar surface area (TPSA) is 51.2 Å². The Hall–Kier alpha value is -2.66. The first kappa shape index (κ1) is 19.1. The molecule has 0 saturated carbocycles. The van der Waals surface area contributed by atoms with Crippen molar-refractivity contribution < 1.29 is 9.53 Å². The molecular formula is C22H24N2O2S. The molecule has 4 nitrogen and oxygen atoms in total. The van der Waals surface area contributed by atoms with Crippen LogP contribution in [-0.4, -0.2) is 17.5 Å². The van der Waals surface area contributed by atoms with Crippen molar-refractivity contribution in [3.05, 3.63) is 70.7 Å². The molecule has 3 aromatic rings. The Balaban J connectivity index is 1.62. The van der Waals surface area contributed by atoms with Crippen LogP contribution in [0.1, 0.15) is 41.4 Å². The van der Waals surface area contributed by atoms with Gasteiger partial charge in [0.25, 0.3) is 5.91 Å². The zero-order valence-corrected chi connectivity index (χ0v) is 16.5. The number of benzene rings is 2. The number of para-hydroxylation sites is 1. The van der Waals surface area contributed by atoms with Gasteiger partial charge in [0.05, 0.1) is 24.4 Å². The van der Waals surface area contributed by atoms with E-state index in [9.17, 15) is 4.79 Å². The fourth-order valence-electron chi connectivity index (χ4n) is 2.59. The van der Waals surface area contributed by atoms with Crippen LogP contribution >= 0.6 is 11.3 Å². The summed E-state index contributed by atoms with van der Waals surface area (Å²) in [6, 6.07) is 15.6. The predicted octanol–water partition coefficient (Wildman–Crippen LogP) is 5.23. The van der Waals surface area contributed by atoms with Gasteiger partial charge < -0.3 is 10.1 Å². The predicted molar refractivity (Wildman–Crippen MR) is 110 cm³/mol. The van der Waals surface area contributed by atoms with Crippen molar-refractivity contribution in [2.24, 2.45) is 0 Å². The minimum atomic E-state index is -0.146. The summed E-state index contributed by atoms with van der Waals surface area (Å²) in [5.74, 6) is 0.481. The van der Waals surface area contributed by atoms with Gasteiger partial charge in [-0.05, 0) is 25.5 Å². The fourth-order valence-corrected chi connectivity index (χ4v) is 3.42. The van der Waals surface area contributed by atoms with Crippen LogP contribution in [0, 0.1) is 6.92 Å². The Kier molecular flexibility index (Phi) is 6.60. The maximum Gasteiger partial charge on any atom is 0.255 e. The molecule has 0 aliphatic rings. The van der Waals surface area contributed by atoms with E-state index >= 15 is 0 Å². The first-order valence-corrected chi connectivity index (χ1v) is 10.1. The molecule has 1 aromatic heterocycles. The molecule has 140 valence electrons. The van der Waals surface area contributed by atoms with Crippen LogP contribution in [0.15, 0.2) is 53.9 Å². The van der Waals surface area contributed by atoms with Crippen molar-refractivity contribution in [1.82, 2.24) is 10.3 Å². The van der Waals surface area contributed by atoms with Gasteiger partial charge in [0.1, 0.15) is 10.8 Å². The molecule has 0 unspecified atom stereocenters. The highest BCUT2D eigenvalue weighted by Gasteiger charge is 2.13. The Labute approximate surface area is 164 Å². The minimum Gasteiger partial charge on any atom is -0.493 e. The fraction of sp³-hybridized carbons (Fsp3) is 0.273. The smallest absolute Gasteiger partial charge is 0.255 e. The van der Waals surface area contributed by atoms with Gasteiger partial charge in [0.15, 0.2) is 0 Å². The molecule has 0 radical (unpaired) electrons. The lowest BCUT2D eigenvalue weighted by Gasteiger charge is -2.11. The van der Waals surface area contributed by atoms with Crippen LogP contribution in [0.5, 0.6) is 5.75 Å². The zero-order valence-electron chi connectivity index (χ0n) is 15.7. The second-order valence-electron chi connectivity index (χ2n) is 6.39. The van der Waals surface area contributed by atoms with Gasteiger partial charge in [-0.3, -0.25) is 4.79 Å². The summed E-state index contributed by atoms with van der Waals surface area (Å²) in [4.78, 5) is 17.2. The number of nitrogens with zero attached hydrogens (tertiary/aromatic N) is 1. The molecule has 0 fully saturated rings. The van der Waals surface area contributed by atoms with E-state index in [1.807, 2.05) is 23.6 Å². The van der Waals surface area contributed by atoms with Crippen molar-refractivity contribution in [3.8, 4) is 16.3 Å². The Morgan fingerprint density at radius 1 is 1.15 bits per heavy atom. The summed E-state index contributed by atoms with van der Waals surface area (Å²) in [6.07, 6.45) is 2.03. The quantitative estimate of drug-likeness (QED) is 0.545. The number of nitrogens with one attached hydrogen (secondary N) is 1. The summed E-state index contributed by atoms with van der Waals surface area (Å²) in [6.45, 7) is 5.19. The van der Waals surface area contributed by atoms with Crippen LogP contribution in [-0.2, 0) is 6.54 Å². The molecule has 2 aromatic carbocycles. The molecule has 0 atom stereocenters. The maximum absolute atomic E-state index is 12.6. The number of carbonyl (C=O) groups is 1. The van der Waals surface area contributed by atoms with Gasteiger partial charge in [-0.15, -0.1) is 11.3 Å². The monoisotopic (exact) mass is 380 g/mol. The highest BCUT2D eigenvalue weighted by molar-refractivity contribution is 7.13. The summed E-state index contributed by atoms with van der Waals surface area (Å²) >= 11 is 1.59. The van der Waals surface area contributed by atoms with Crippen molar-refractivity contribution in [3.63, 3.8) is 0 Å². The molecule has 0 bridgehead atoms. The molecule has 0 aliphatic carbocycles. The lowest BCUT2D eigenvalue weighted by molar-refractivity contribution is 0.0946. The molecule has 1 N–H and O–H groups in total. The lowest BCUT2D eigenvalue weighted by atomic mass is 10.2. The molecule has 27 heavy (non-hydrogen) atoms. The number of hydrogen-bond acceptors (Lipinski definition) is 4. The van der Waals surface area contributed by atoms with E-state index in [0.717, 1.165) is 29.1 Å². The van der Waals surface area contributed by atoms with Gasteiger partial charge >= 0.3 is 0 Å². The van der Waals surface area contributed by atoms with E-state index in [2.05, 4.69) is 48.4 Å². The highest BCUT2D eigenvalue weighted by Crippen LogP contribution is 2.24. The van der Waals surface area contributed by atoms with Crippen LogP contribution in [0.2, 0.25) is 0 Å². The number of amides is 1. The summed E-state index contributed by atoms with van der Waals surface area (Å²) in [5.41, 5.74) is 3.73. The highest BCUT2D eigenvalue weighted by atomic mass is 32.1. The van der Waals surface area contributed by atoms with Crippen LogP contribution in [0.25, 0.3) is 10.6 Å². The molecule has 0 spiro atoms. The van der Waals surface area contributed by atoms with Crippen LogP contribution in [0.4, 0.5) is 0 Å². The number of carbonyl (C=O) groups excluding carboxylic acids is 1. The third kappa shape index (κ3) is 5.17. The molecule has 0 saturated heterocycles. The number of ether oxygens (including phenoxy) is 1. The number of aromatic nitrogens is 1. The minimum absolute atomic E-state index is 0.146. The molecule has 3 rings (SSSR count). The average Bonchev–Trinajstić information content (AvgIpc) is 3.16. The first-order valence-electron chi connectivity index (χ1n) is 9.19. The summed E-state index contributed by atoms with van der Waals surface area (Å²) in [7, 11) is 0. The van der Waals surface area contributed by atoms with E-state index in [4.69, 9.17) is 4.74 Å². The standard InChI is InChI=1S/C22H24N2O2S/c1-3-4-13-26-20-8-6-5-7-19(20)21(25)23-14-18-15-27-22(24-18)17-11-9-16(2)10-12-17/h5-12,15H,3-4,13-14H2,1-2H3,(H,23,25). The Bertz CT molecular complexity index is 887. The van der Waals surface area contributed by atoms with Gasteiger partial charge in [-0.25, -0.2) is 4.98 Å². The van der Waals surface area contributed by atoms with E-state index < -0.39 is 0 Å². The van der Waals surface area contributed by atoms with E-state index in [0.29, 0.717) is 24.5 Å². The SMILES string of the molecule is CCCCOc1ccccc1C(=O)NCc1csc(-c2ccc(C)cc2)n1. The van der Waals surface area contributed by atoms with Crippen molar-refractivity contribution in [2.75, 3.05) is 6.61 Å². The first-order chi connectivity index (χ1) is 13.2. The third-order valence-corrected chi connectivity index (χ3v) is 5.11. The van der Waals surface area contributed by atoms with Gasteiger partial charge in [-0.1, -0.05) is 55.3 Å². The average molecular weight is 381 g/mol. The zero-order chi connectivity index (χ0) is 19.1. The Morgan fingerprint density at radius 3 is 2.70 bits per heavy atom. The van der Waals surface area contributed by atoms with E-state index in [1.54, 1.807) is 17.4 Å². The van der Waals surface area contributed by atoms with Gasteiger partial charge in [-0.2, -0.15) is 0 Å². The normalized spacial score (nSPS) is 10.6. The van der Waals surface area contributed by atoms with Crippen molar-refractivity contribution >= 4 is 17.2 Å². The largest absolute Gasteiger partial charge is 0.493 e. The van der Waals surface area contributed by atoms with E-state index in [-0.39, 0.29) is 5.91 Å². The number of hydrogen-bond donors (Lipinski definition) is 1. The number of unbranched alkanes of at least 4 members (excludes halogenated alkanes) is 1. The second-order valence-corrected chi connectivity index (χ2v) is 7.25. The molecule has 1 amide bonds. The van der Waals surface area contributed by atoms with Crippen molar-refractivity contribution in [1.29, 1.82) is 0 Å². The number of thiazole rings is 1. The van der Waals surface area contributed by atoms with Gasteiger partial charge in [0, 0.05) is 10.9 Å². The van der Waals surface area contributed by atoms with Gasteiger partial charge in [0.2, 0.25) is 0 Å². The lowest BCUT2D eigenvalue weighted by Crippen LogP contribution is -2.23.